The summed E-state index contributed by atoms with van der Waals surface area (Å²) in [5, 5.41) is 0. The van der Waals surface area contributed by atoms with Gasteiger partial charge in [-0.25, -0.2) is 0 Å². The minimum Gasteiger partial charge on any atom is -0.0651 e. The molecule has 0 amide bonds. The molecule has 0 nitrogen and oxygen atoms in total. The van der Waals surface area contributed by atoms with Crippen LogP contribution in [0.15, 0.2) is 0 Å². The summed E-state index contributed by atoms with van der Waals surface area (Å²) in [6, 6.07) is 0. The summed E-state index contributed by atoms with van der Waals surface area (Å²) in [5.74, 6) is 2.84. The fourth-order valence-corrected chi connectivity index (χ4v) is 3.77. The minimum atomic E-state index is 0.593. The van der Waals surface area contributed by atoms with E-state index in [4.69, 9.17) is 0 Å². The zero-order valence-corrected chi connectivity index (χ0v) is 13.6. The molecule has 0 aromatic heterocycles. The molecule has 0 N–H and O–H groups in total. The van der Waals surface area contributed by atoms with Crippen LogP contribution in [-0.2, 0) is 0 Å². The third-order valence-electron chi connectivity index (χ3n) is 5.61. The number of rotatable bonds is 1. The van der Waals surface area contributed by atoms with Crippen molar-refractivity contribution >= 4 is 0 Å². The second-order valence-electron chi connectivity index (χ2n) is 7.66. The molecule has 0 aromatic carbocycles. The highest BCUT2D eigenvalue weighted by atomic mass is 14.3. The molecule has 3 atom stereocenters. The van der Waals surface area contributed by atoms with Gasteiger partial charge in [-0.2, -0.15) is 0 Å². The zero-order chi connectivity index (χ0) is 13.6. The Morgan fingerprint density at radius 2 is 1.44 bits per heavy atom. The molecule has 0 spiro atoms. The average Bonchev–Trinajstić information content (AvgIpc) is 2.32. The molecular weight excluding hydrogens is 216 g/mol. The Balaban J connectivity index is 2.56. The van der Waals surface area contributed by atoms with Crippen LogP contribution in [0.2, 0.25) is 0 Å². The second kappa shape index (κ2) is 7.56. The van der Waals surface area contributed by atoms with Crippen LogP contribution < -0.4 is 0 Å². The topological polar surface area (TPSA) is 0 Å². The number of hydrogen-bond acceptors (Lipinski definition) is 0. The van der Waals surface area contributed by atoms with Crippen molar-refractivity contribution in [2.24, 2.45) is 23.2 Å². The maximum absolute atomic E-state index is 2.51. The smallest absolute Gasteiger partial charge is 0.0354 e. The monoisotopic (exact) mass is 252 g/mol. The molecule has 1 rings (SSSR count). The third kappa shape index (κ3) is 5.33. The maximum Gasteiger partial charge on any atom is -0.0354 e. The van der Waals surface area contributed by atoms with Crippen LogP contribution >= 0.6 is 0 Å². The SMILES string of the molecule is CCC1CCCCC(C)(C)CCCCC(C)C1C. The van der Waals surface area contributed by atoms with E-state index < -0.39 is 0 Å². The van der Waals surface area contributed by atoms with Crippen molar-refractivity contribution < 1.29 is 0 Å². The van der Waals surface area contributed by atoms with Crippen LogP contribution in [0, 0.1) is 23.2 Å². The molecule has 1 aliphatic carbocycles. The van der Waals surface area contributed by atoms with Gasteiger partial charge in [0.2, 0.25) is 0 Å². The van der Waals surface area contributed by atoms with Crippen molar-refractivity contribution in [3.8, 4) is 0 Å². The van der Waals surface area contributed by atoms with Crippen LogP contribution in [0.4, 0.5) is 0 Å². The van der Waals surface area contributed by atoms with Gasteiger partial charge in [0.25, 0.3) is 0 Å². The van der Waals surface area contributed by atoms with Crippen LogP contribution in [0.1, 0.15) is 92.4 Å². The quantitative estimate of drug-likeness (QED) is 0.503. The summed E-state index contributed by atoms with van der Waals surface area (Å²) in [7, 11) is 0. The Bertz CT molecular complexity index is 216. The predicted molar refractivity (Wildman–Crippen MR) is 82.8 cm³/mol. The Morgan fingerprint density at radius 1 is 0.889 bits per heavy atom. The van der Waals surface area contributed by atoms with Crippen LogP contribution in [-0.4, -0.2) is 0 Å². The Hall–Kier alpha value is 0. The van der Waals surface area contributed by atoms with E-state index in [0.717, 1.165) is 17.8 Å². The predicted octanol–water partition coefficient (Wildman–Crippen LogP) is 6.45. The average molecular weight is 252 g/mol. The first-order valence-corrected chi connectivity index (χ1v) is 8.46. The Labute approximate surface area is 116 Å². The van der Waals surface area contributed by atoms with Gasteiger partial charge in [-0.3, -0.25) is 0 Å². The van der Waals surface area contributed by atoms with E-state index in [0.29, 0.717) is 5.41 Å². The molecule has 18 heavy (non-hydrogen) atoms. The van der Waals surface area contributed by atoms with Crippen molar-refractivity contribution in [2.45, 2.75) is 92.4 Å². The van der Waals surface area contributed by atoms with E-state index in [1.54, 1.807) is 0 Å². The van der Waals surface area contributed by atoms with Crippen molar-refractivity contribution in [2.75, 3.05) is 0 Å². The largest absolute Gasteiger partial charge is 0.0651 e. The third-order valence-corrected chi connectivity index (χ3v) is 5.61. The van der Waals surface area contributed by atoms with Gasteiger partial charge in [-0.15, -0.1) is 0 Å². The molecule has 1 aliphatic rings. The van der Waals surface area contributed by atoms with Gasteiger partial charge < -0.3 is 0 Å². The first-order chi connectivity index (χ1) is 8.46. The minimum absolute atomic E-state index is 0.593. The molecular formula is C18H36. The summed E-state index contributed by atoms with van der Waals surface area (Å²) < 4.78 is 0. The highest BCUT2D eigenvalue weighted by Gasteiger charge is 2.23. The first kappa shape index (κ1) is 16.1. The molecule has 0 aromatic rings. The standard InChI is InChI=1S/C18H36/c1-6-17-12-8-10-14-18(4,5)13-9-7-11-15(2)16(17)3/h15-17H,6-14H2,1-5H3. The van der Waals surface area contributed by atoms with Gasteiger partial charge in [-0.05, 0) is 36.0 Å². The maximum atomic E-state index is 2.51. The van der Waals surface area contributed by atoms with E-state index in [2.05, 4.69) is 34.6 Å². The summed E-state index contributed by atoms with van der Waals surface area (Å²) >= 11 is 0. The van der Waals surface area contributed by atoms with Crippen molar-refractivity contribution in [3.05, 3.63) is 0 Å². The van der Waals surface area contributed by atoms with E-state index in [1.807, 2.05) is 0 Å². The number of hydrogen-bond donors (Lipinski definition) is 0. The normalized spacial score (nSPS) is 35.5. The molecule has 0 aliphatic heterocycles. The molecule has 0 bridgehead atoms. The highest BCUT2D eigenvalue weighted by Crippen LogP contribution is 2.35. The summed E-state index contributed by atoms with van der Waals surface area (Å²) in [4.78, 5) is 0. The van der Waals surface area contributed by atoms with Gasteiger partial charge in [0.15, 0.2) is 0 Å². The highest BCUT2D eigenvalue weighted by molar-refractivity contribution is 4.75. The van der Waals surface area contributed by atoms with E-state index >= 15 is 0 Å². The lowest BCUT2D eigenvalue weighted by molar-refractivity contribution is 0.203. The van der Waals surface area contributed by atoms with Crippen LogP contribution in [0.3, 0.4) is 0 Å². The van der Waals surface area contributed by atoms with Gasteiger partial charge in [0, 0.05) is 0 Å². The zero-order valence-electron chi connectivity index (χ0n) is 13.6. The lowest BCUT2D eigenvalue weighted by atomic mass is 9.75. The summed E-state index contributed by atoms with van der Waals surface area (Å²) in [6.45, 7) is 12.3. The van der Waals surface area contributed by atoms with Gasteiger partial charge in [0.1, 0.15) is 0 Å². The first-order valence-electron chi connectivity index (χ1n) is 8.46. The molecule has 1 fully saturated rings. The summed E-state index contributed by atoms with van der Waals surface area (Å²) in [6.07, 6.45) is 13.0. The van der Waals surface area contributed by atoms with E-state index in [9.17, 15) is 0 Å². The fraction of sp³-hybridized carbons (Fsp3) is 1.00. The van der Waals surface area contributed by atoms with Crippen molar-refractivity contribution in [1.82, 2.24) is 0 Å². The molecule has 0 radical (unpaired) electrons. The molecule has 0 heterocycles. The molecule has 3 unspecified atom stereocenters. The lowest BCUT2D eigenvalue weighted by Gasteiger charge is -2.31. The van der Waals surface area contributed by atoms with Crippen LogP contribution in [0.25, 0.3) is 0 Å². The fourth-order valence-electron chi connectivity index (χ4n) is 3.77. The molecule has 0 heteroatoms. The Kier molecular flexibility index (Phi) is 6.74. The molecule has 1 saturated carbocycles. The lowest BCUT2D eigenvalue weighted by Crippen LogP contribution is -2.20. The van der Waals surface area contributed by atoms with Crippen LogP contribution in [0.5, 0.6) is 0 Å². The van der Waals surface area contributed by atoms with Crippen molar-refractivity contribution in [1.29, 1.82) is 0 Å². The van der Waals surface area contributed by atoms with Gasteiger partial charge in [-0.1, -0.05) is 79.6 Å². The van der Waals surface area contributed by atoms with Gasteiger partial charge >= 0.3 is 0 Å². The summed E-state index contributed by atoms with van der Waals surface area (Å²) in [5.41, 5.74) is 0.593. The molecule has 0 saturated heterocycles. The second-order valence-corrected chi connectivity index (χ2v) is 7.66. The van der Waals surface area contributed by atoms with E-state index in [-0.39, 0.29) is 0 Å². The molecule has 108 valence electrons. The van der Waals surface area contributed by atoms with E-state index in [1.165, 1.54) is 57.8 Å². The Morgan fingerprint density at radius 3 is 2.00 bits per heavy atom. The van der Waals surface area contributed by atoms with Crippen molar-refractivity contribution in [3.63, 3.8) is 0 Å². The van der Waals surface area contributed by atoms with Gasteiger partial charge in [0.05, 0.1) is 0 Å².